The fourth-order valence-corrected chi connectivity index (χ4v) is 2.98. The second-order valence-electron chi connectivity index (χ2n) is 8.62. The van der Waals surface area contributed by atoms with Gasteiger partial charge in [-0.3, -0.25) is 24.0 Å². The standard InChI is InChI=1S/C21H38N6O7/c1-5-11(4)17(27-18(30)12(22)6-8-14(23)28)20(32)25-13(7-9-15(24)29)19(31)26-16(10(2)3)21(33)34/h10-13,16-17H,5-9,22H2,1-4H3,(H2,23,28)(H2,24,29)(H,25,32)(H,26,31)(H,27,30)(H,33,34). The van der Waals surface area contributed by atoms with Crippen LogP contribution < -0.4 is 33.2 Å². The Balaban J connectivity index is 5.59. The molecule has 10 N–H and O–H groups in total. The number of hydrogen-bond acceptors (Lipinski definition) is 7. The van der Waals surface area contributed by atoms with Crippen LogP contribution in [0.2, 0.25) is 0 Å². The highest BCUT2D eigenvalue weighted by Gasteiger charge is 2.33. The fourth-order valence-electron chi connectivity index (χ4n) is 2.98. The first-order valence-electron chi connectivity index (χ1n) is 11.2. The minimum atomic E-state index is -1.27. The molecule has 0 saturated carbocycles. The number of carboxylic acids is 1. The van der Waals surface area contributed by atoms with Crippen molar-refractivity contribution in [3.63, 3.8) is 0 Å². The first kappa shape index (κ1) is 30.8. The molecular formula is C21H38N6O7. The highest BCUT2D eigenvalue weighted by Crippen LogP contribution is 2.11. The van der Waals surface area contributed by atoms with Crippen molar-refractivity contribution in [3.8, 4) is 0 Å². The van der Waals surface area contributed by atoms with Gasteiger partial charge in [-0.1, -0.05) is 34.1 Å². The van der Waals surface area contributed by atoms with Gasteiger partial charge in [0.05, 0.1) is 6.04 Å². The summed E-state index contributed by atoms with van der Waals surface area (Å²) in [7, 11) is 0. The van der Waals surface area contributed by atoms with E-state index in [0.717, 1.165) is 0 Å². The molecule has 34 heavy (non-hydrogen) atoms. The normalized spacial score (nSPS) is 15.4. The van der Waals surface area contributed by atoms with Gasteiger partial charge in [-0.2, -0.15) is 0 Å². The quantitative estimate of drug-likeness (QED) is 0.129. The first-order chi connectivity index (χ1) is 15.7. The maximum atomic E-state index is 13.0. The Hall–Kier alpha value is -3.22. The molecular weight excluding hydrogens is 448 g/mol. The number of amides is 5. The molecule has 0 bridgehead atoms. The number of nitrogens with two attached hydrogens (primary N) is 3. The van der Waals surface area contributed by atoms with E-state index in [0.29, 0.717) is 6.42 Å². The molecule has 0 aliphatic heterocycles. The summed E-state index contributed by atoms with van der Waals surface area (Å²) < 4.78 is 0. The summed E-state index contributed by atoms with van der Waals surface area (Å²) in [5, 5.41) is 16.7. The zero-order valence-electron chi connectivity index (χ0n) is 20.1. The Labute approximate surface area is 198 Å². The van der Waals surface area contributed by atoms with Gasteiger partial charge in [0, 0.05) is 12.8 Å². The Kier molecular flexibility index (Phi) is 13.4. The molecule has 5 atom stereocenters. The van der Waals surface area contributed by atoms with Crippen LogP contribution in [0.1, 0.15) is 59.8 Å². The van der Waals surface area contributed by atoms with E-state index in [-0.39, 0.29) is 31.6 Å². The summed E-state index contributed by atoms with van der Waals surface area (Å²) >= 11 is 0. The van der Waals surface area contributed by atoms with Crippen LogP contribution >= 0.6 is 0 Å². The Morgan fingerprint density at radius 1 is 0.765 bits per heavy atom. The largest absolute Gasteiger partial charge is 0.480 e. The van der Waals surface area contributed by atoms with Crippen LogP contribution in [-0.2, 0) is 28.8 Å². The van der Waals surface area contributed by atoms with Gasteiger partial charge in [0.25, 0.3) is 0 Å². The van der Waals surface area contributed by atoms with Crippen LogP contribution in [0.4, 0.5) is 0 Å². The van der Waals surface area contributed by atoms with Crippen LogP contribution in [0.5, 0.6) is 0 Å². The predicted molar refractivity (Wildman–Crippen MR) is 123 cm³/mol. The van der Waals surface area contributed by atoms with Crippen LogP contribution in [0.3, 0.4) is 0 Å². The summed E-state index contributed by atoms with van der Waals surface area (Å²) in [6.07, 6.45) is -0.0373. The minimum Gasteiger partial charge on any atom is -0.480 e. The van der Waals surface area contributed by atoms with Gasteiger partial charge >= 0.3 is 5.97 Å². The van der Waals surface area contributed by atoms with Crippen LogP contribution in [0, 0.1) is 11.8 Å². The molecule has 0 radical (unpaired) electrons. The number of carbonyl (C=O) groups excluding carboxylic acids is 5. The first-order valence-corrected chi connectivity index (χ1v) is 11.2. The molecule has 0 aliphatic rings. The van der Waals surface area contributed by atoms with E-state index in [4.69, 9.17) is 17.2 Å². The molecule has 5 unspecified atom stereocenters. The average Bonchev–Trinajstić information content (AvgIpc) is 2.74. The fraction of sp³-hybridized carbons (Fsp3) is 0.714. The molecule has 0 aromatic rings. The second kappa shape index (κ2) is 14.8. The zero-order valence-corrected chi connectivity index (χ0v) is 20.1. The zero-order chi connectivity index (χ0) is 26.6. The van der Waals surface area contributed by atoms with Gasteiger partial charge in [0.2, 0.25) is 29.5 Å². The molecule has 0 heterocycles. The maximum Gasteiger partial charge on any atom is 0.326 e. The van der Waals surface area contributed by atoms with Gasteiger partial charge in [-0.05, 0) is 24.7 Å². The monoisotopic (exact) mass is 486 g/mol. The SMILES string of the molecule is CCC(C)C(NC(=O)C(N)CCC(N)=O)C(=O)NC(CCC(N)=O)C(=O)NC(C(=O)O)C(C)C. The summed E-state index contributed by atoms with van der Waals surface area (Å²) in [6, 6.07) is -4.65. The second-order valence-corrected chi connectivity index (χ2v) is 8.62. The van der Waals surface area contributed by atoms with Crippen molar-refractivity contribution in [2.24, 2.45) is 29.0 Å². The average molecular weight is 487 g/mol. The molecule has 0 aliphatic carbocycles. The topological polar surface area (TPSA) is 237 Å². The molecule has 0 aromatic carbocycles. The lowest BCUT2D eigenvalue weighted by atomic mass is 9.96. The number of carboxylic acid groups (broad SMARTS) is 1. The third-order valence-electron chi connectivity index (χ3n) is 5.37. The van der Waals surface area contributed by atoms with Gasteiger partial charge < -0.3 is 38.3 Å². The highest BCUT2D eigenvalue weighted by molar-refractivity contribution is 5.94. The van der Waals surface area contributed by atoms with Gasteiger partial charge in [0.1, 0.15) is 18.1 Å². The van der Waals surface area contributed by atoms with Crippen molar-refractivity contribution in [2.45, 2.75) is 84.0 Å². The van der Waals surface area contributed by atoms with Gasteiger partial charge in [-0.15, -0.1) is 0 Å². The number of aliphatic carboxylic acids is 1. The lowest BCUT2D eigenvalue weighted by Gasteiger charge is -2.28. The molecule has 0 fully saturated rings. The minimum absolute atomic E-state index is 0.00850. The van der Waals surface area contributed by atoms with Crippen molar-refractivity contribution in [1.29, 1.82) is 0 Å². The maximum absolute atomic E-state index is 13.0. The van der Waals surface area contributed by atoms with Crippen molar-refractivity contribution in [2.75, 3.05) is 0 Å². The van der Waals surface area contributed by atoms with E-state index in [1.165, 1.54) is 0 Å². The molecule has 0 rings (SSSR count). The van der Waals surface area contributed by atoms with Crippen molar-refractivity contribution < 1.29 is 33.9 Å². The Morgan fingerprint density at radius 3 is 1.71 bits per heavy atom. The van der Waals surface area contributed by atoms with E-state index in [2.05, 4.69) is 16.0 Å². The number of primary amides is 2. The summed E-state index contributed by atoms with van der Waals surface area (Å²) in [4.78, 5) is 71.9. The predicted octanol–water partition coefficient (Wildman–Crippen LogP) is -1.91. The van der Waals surface area contributed by atoms with E-state index in [9.17, 15) is 33.9 Å². The van der Waals surface area contributed by atoms with Crippen LogP contribution in [0.25, 0.3) is 0 Å². The van der Waals surface area contributed by atoms with E-state index >= 15 is 0 Å². The molecule has 5 amide bonds. The van der Waals surface area contributed by atoms with Crippen molar-refractivity contribution in [1.82, 2.24) is 16.0 Å². The molecule has 0 saturated heterocycles. The number of carbonyl (C=O) groups is 6. The molecule has 13 heteroatoms. The van der Waals surface area contributed by atoms with Crippen molar-refractivity contribution in [3.05, 3.63) is 0 Å². The third kappa shape index (κ3) is 11.1. The number of rotatable bonds is 16. The van der Waals surface area contributed by atoms with Crippen molar-refractivity contribution >= 4 is 35.5 Å². The van der Waals surface area contributed by atoms with E-state index in [1.807, 2.05) is 0 Å². The van der Waals surface area contributed by atoms with Gasteiger partial charge in [0.15, 0.2) is 0 Å². The summed E-state index contributed by atoms with van der Waals surface area (Å²) in [6.45, 7) is 6.71. The molecule has 0 aromatic heterocycles. The van der Waals surface area contributed by atoms with E-state index < -0.39 is 65.6 Å². The molecule has 194 valence electrons. The third-order valence-corrected chi connectivity index (χ3v) is 5.37. The molecule has 0 spiro atoms. The lowest BCUT2D eigenvalue weighted by Crippen LogP contribution is -2.59. The highest BCUT2D eigenvalue weighted by atomic mass is 16.4. The lowest BCUT2D eigenvalue weighted by molar-refractivity contribution is -0.143. The Morgan fingerprint density at radius 2 is 1.26 bits per heavy atom. The van der Waals surface area contributed by atoms with Crippen LogP contribution in [0.15, 0.2) is 0 Å². The summed E-state index contributed by atoms with van der Waals surface area (Å²) in [5.74, 6) is -5.59. The Bertz CT molecular complexity index is 758. The number of hydrogen-bond donors (Lipinski definition) is 7. The number of nitrogens with one attached hydrogen (secondary N) is 3. The smallest absolute Gasteiger partial charge is 0.326 e. The van der Waals surface area contributed by atoms with E-state index in [1.54, 1.807) is 27.7 Å². The molecule has 13 nitrogen and oxygen atoms in total. The van der Waals surface area contributed by atoms with Crippen LogP contribution in [-0.4, -0.2) is 64.8 Å². The summed E-state index contributed by atoms with van der Waals surface area (Å²) in [5.41, 5.74) is 16.0. The van der Waals surface area contributed by atoms with Gasteiger partial charge in [-0.25, -0.2) is 4.79 Å².